The number of rotatable bonds is 6. The average Bonchev–Trinajstić information content (AvgIpc) is 2.56. The minimum atomic E-state index is -1.20. The summed E-state index contributed by atoms with van der Waals surface area (Å²) < 4.78 is 0. The van der Waals surface area contributed by atoms with Crippen LogP contribution >= 0.6 is 0 Å². The lowest BCUT2D eigenvalue weighted by Crippen LogP contribution is -2.42. The minimum Gasteiger partial charge on any atom is -0.508 e. The van der Waals surface area contributed by atoms with Crippen LogP contribution in [0.1, 0.15) is 15.9 Å². The van der Waals surface area contributed by atoms with Crippen molar-refractivity contribution < 1.29 is 19.8 Å². The Morgan fingerprint density at radius 1 is 1.17 bits per heavy atom. The second-order valence-corrected chi connectivity index (χ2v) is 4.94. The monoisotopic (exact) mass is 326 g/mol. The molecule has 122 valence electrons. The van der Waals surface area contributed by atoms with Gasteiger partial charge >= 0.3 is 5.97 Å². The molecular formula is C16H14N4O4. The number of phenolic OH excluding ortho intramolecular Hbond substituents is 1. The Bertz CT molecular complexity index is 798. The number of carbonyl (C=O) groups is 2. The molecule has 2 aromatic rings. The van der Waals surface area contributed by atoms with E-state index in [9.17, 15) is 19.8 Å². The lowest BCUT2D eigenvalue weighted by Gasteiger charge is -2.15. The summed E-state index contributed by atoms with van der Waals surface area (Å²) in [6.07, 6.45) is 0.0467. The third-order valence-corrected chi connectivity index (χ3v) is 3.28. The van der Waals surface area contributed by atoms with Gasteiger partial charge in [-0.05, 0) is 29.3 Å². The zero-order valence-electron chi connectivity index (χ0n) is 12.5. The Morgan fingerprint density at radius 2 is 1.83 bits per heavy atom. The van der Waals surface area contributed by atoms with E-state index in [0.29, 0.717) is 5.56 Å². The predicted octanol–water partition coefficient (Wildman–Crippen LogP) is 2.76. The number of nitrogens with zero attached hydrogens (tertiary/aromatic N) is 3. The molecule has 0 aliphatic rings. The second kappa shape index (κ2) is 7.66. The Morgan fingerprint density at radius 3 is 2.46 bits per heavy atom. The highest BCUT2D eigenvalue weighted by molar-refractivity contribution is 6.00. The molecule has 8 nitrogen and oxygen atoms in total. The SMILES string of the molecule is [N-]=[N+]=Nc1ccccc1C(=O)N[C@@H](Cc1ccc(O)cc1)C(=O)O. The number of carboxylic acid groups (broad SMARTS) is 1. The van der Waals surface area contributed by atoms with Gasteiger partial charge in [-0.1, -0.05) is 35.4 Å². The molecule has 0 saturated carbocycles. The first kappa shape index (κ1) is 16.9. The van der Waals surface area contributed by atoms with Gasteiger partial charge in [0.1, 0.15) is 11.8 Å². The van der Waals surface area contributed by atoms with Crippen LogP contribution in [0.4, 0.5) is 5.69 Å². The van der Waals surface area contributed by atoms with Gasteiger partial charge in [-0.3, -0.25) is 4.79 Å². The maximum absolute atomic E-state index is 12.3. The van der Waals surface area contributed by atoms with Gasteiger partial charge < -0.3 is 15.5 Å². The molecule has 0 spiro atoms. The number of nitrogens with one attached hydrogen (secondary N) is 1. The molecule has 2 rings (SSSR count). The third kappa shape index (κ3) is 4.25. The van der Waals surface area contributed by atoms with Crippen molar-refractivity contribution >= 4 is 17.6 Å². The minimum absolute atomic E-state index is 0.0467. The molecule has 2 aromatic carbocycles. The number of phenols is 1. The van der Waals surface area contributed by atoms with E-state index in [1.54, 1.807) is 24.3 Å². The standard InChI is InChI=1S/C16H14N4O4/c17-20-19-13-4-2-1-3-12(13)15(22)18-14(16(23)24)9-10-5-7-11(21)8-6-10/h1-8,14,21H,9H2,(H,18,22)(H,23,24)/t14-/m0/s1. The average molecular weight is 326 g/mol. The number of carbonyl (C=O) groups excluding carboxylic acids is 1. The van der Waals surface area contributed by atoms with E-state index in [-0.39, 0.29) is 23.4 Å². The summed E-state index contributed by atoms with van der Waals surface area (Å²) in [6, 6.07) is 11.0. The quantitative estimate of drug-likeness (QED) is 0.427. The zero-order chi connectivity index (χ0) is 17.5. The van der Waals surface area contributed by atoms with Gasteiger partial charge in [0.25, 0.3) is 5.91 Å². The number of carboxylic acids is 1. The summed E-state index contributed by atoms with van der Waals surface area (Å²) in [7, 11) is 0. The van der Waals surface area contributed by atoms with Crippen LogP contribution in [0.15, 0.2) is 53.6 Å². The van der Waals surface area contributed by atoms with Crippen molar-refractivity contribution in [1.29, 1.82) is 0 Å². The molecule has 0 heterocycles. The van der Waals surface area contributed by atoms with E-state index in [2.05, 4.69) is 15.3 Å². The lowest BCUT2D eigenvalue weighted by molar-refractivity contribution is -0.139. The Balaban J connectivity index is 2.18. The topological polar surface area (TPSA) is 135 Å². The molecule has 0 fully saturated rings. The lowest BCUT2D eigenvalue weighted by atomic mass is 10.0. The number of hydrogen-bond donors (Lipinski definition) is 3. The highest BCUT2D eigenvalue weighted by atomic mass is 16.4. The maximum atomic E-state index is 12.3. The summed E-state index contributed by atoms with van der Waals surface area (Å²) in [5, 5.41) is 24.4. The fourth-order valence-corrected chi connectivity index (χ4v) is 2.10. The summed E-state index contributed by atoms with van der Waals surface area (Å²) >= 11 is 0. The molecule has 24 heavy (non-hydrogen) atoms. The molecule has 0 saturated heterocycles. The van der Waals surface area contributed by atoms with Crippen molar-refractivity contribution in [2.24, 2.45) is 5.11 Å². The second-order valence-electron chi connectivity index (χ2n) is 4.94. The van der Waals surface area contributed by atoms with E-state index in [1.165, 1.54) is 24.3 Å². The molecule has 0 unspecified atom stereocenters. The fourth-order valence-electron chi connectivity index (χ4n) is 2.10. The molecule has 0 bridgehead atoms. The Kier molecular flexibility index (Phi) is 5.38. The van der Waals surface area contributed by atoms with E-state index in [4.69, 9.17) is 5.53 Å². The van der Waals surface area contributed by atoms with Crippen LogP contribution in [0.3, 0.4) is 0 Å². The Hall–Kier alpha value is -3.51. The molecule has 0 aliphatic heterocycles. The summed E-state index contributed by atoms with van der Waals surface area (Å²) in [5.74, 6) is -1.78. The fraction of sp³-hybridized carbons (Fsp3) is 0.125. The van der Waals surface area contributed by atoms with Crippen molar-refractivity contribution in [2.75, 3.05) is 0 Å². The molecule has 0 aromatic heterocycles. The van der Waals surface area contributed by atoms with Crippen molar-refractivity contribution in [1.82, 2.24) is 5.32 Å². The van der Waals surface area contributed by atoms with Crippen molar-refractivity contribution in [3.05, 3.63) is 70.1 Å². The molecule has 0 radical (unpaired) electrons. The third-order valence-electron chi connectivity index (χ3n) is 3.28. The summed E-state index contributed by atoms with van der Waals surface area (Å²) in [5.41, 5.74) is 9.37. The van der Waals surface area contributed by atoms with Gasteiger partial charge in [0.2, 0.25) is 0 Å². The van der Waals surface area contributed by atoms with E-state index >= 15 is 0 Å². The highest BCUT2D eigenvalue weighted by Crippen LogP contribution is 2.19. The van der Waals surface area contributed by atoms with E-state index < -0.39 is 17.9 Å². The van der Waals surface area contributed by atoms with Gasteiger partial charge in [0.05, 0.1) is 5.69 Å². The van der Waals surface area contributed by atoms with Crippen LogP contribution in [-0.4, -0.2) is 28.1 Å². The van der Waals surface area contributed by atoms with Crippen LogP contribution < -0.4 is 5.32 Å². The van der Waals surface area contributed by atoms with Crippen molar-refractivity contribution in [3.63, 3.8) is 0 Å². The zero-order valence-corrected chi connectivity index (χ0v) is 12.5. The molecule has 0 aliphatic carbocycles. The van der Waals surface area contributed by atoms with Crippen LogP contribution in [0.25, 0.3) is 10.4 Å². The number of aliphatic carboxylic acids is 1. The van der Waals surface area contributed by atoms with Crippen molar-refractivity contribution in [2.45, 2.75) is 12.5 Å². The highest BCUT2D eigenvalue weighted by Gasteiger charge is 2.22. The van der Waals surface area contributed by atoms with Gasteiger partial charge in [0, 0.05) is 16.9 Å². The molecular weight excluding hydrogens is 312 g/mol. The number of aromatic hydroxyl groups is 1. The largest absolute Gasteiger partial charge is 0.508 e. The van der Waals surface area contributed by atoms with Gasteiger partial charge in [-0.15, -0.1) is 0 Å². The van der Waals surface area contributed by atoms with E-state index in [0.717, 1.165) is 0 Å². The number of hydrogen-bond acceptors (Lipinski definition) is 4. The summed E-state index contributed by atoms with van der Waals surface area (Å²) in [4.78, 5) is 26.3. The molecule has 3 N–H and O–H groups in total. The molecule has 8 heteroatoms. The number of benzene rings is 2. The summed E-state index contributed by atoms with van der Waals surface area (Å²) in [6.45, 7) is 0. The van der Waals surface area contributed by atoms with Gasteiger partial charge in [0.15, 0.2) is 0 Å². The van der Waals surface area contributed by atoms with Gasteiger partial charge in [-0.25, -0.2) is 4.79 Å². The predicted molar refractivity (Wildman–Crippen MR) is 85.9 cm³/mol. The van der Waals surface area contributed by atoms with Crippen LogP contribution in [0, 0.1) is 0 Å². The maximum Gasteiger partial charge on any atom is 0.326 e. The number of azide groups is 1. The van der Waals surface area contributed by atoms with E-state index in [1.807, 2.05) is 0 Å². The number of amides is 1. The Labute approximate surface area is 137 Å². The van der Waals surface area contributed by atoms with Crippen LogP contribution in [-0.2, 0) is 11.2 Å². The normalized spacial score (nSPS) is 11.2. The smallest absolute Gasteiger partial charge is 0.326 e. The van der Waals surface area contributed by atoms with Crippen LogP contribution in [0.2, 0.25) is 0 Å². The first-order valence-electron chi connectivity index (χ1n) is 6.97. The van der Waals surface area contributed by atoms with Gasteiger partial charge in [-0.2, -0.15) is 0 Å². The van der Waals surface area contributed by atoms with Crippen molar-refractivity contribution in [3.8, 4) is 5.75 Å². The molecule has 1 amide bonds. The molecule has 1 atom stereocenters. The van der Waals surface area contributed by atoms with Crippen LogP contribution in [0.5, 0.6) is 5.75 Å². The first-order valence-corrected chi connectivity index (χ1v) is 6.97. The first-order chi connectivity index (χ1) is 11.5.